The van der Waals surface area contributed by atoms with Gasteiger partial charge in [0.1, 0.15) is 11.6 Å². The molecule has 1 aliphatic rings. The van der Waals surface area contributed by atoms with Crippen LogP contribution in [-0.2, 0) is 4.79 Å². The highest BCUT2D eigenvalue weighted by atomic mass is 16.5. The molecule has 2 N–H and O–H groups in total. The second-order valence-electron chi connectivity index (χ2n) is 5.89. The van der Waals surface area contributed by atoms with Crippen molar-refractivity contribution in [3.8, 4) is 5.75 Å². The molecule has 1 aromatic heterocycles. The van der Waals surface area contributed by atoms with E-state index >= 15 is 0 Å². The fourth-order valence-corrected chi connectivity index (χ4v) is 2.91. The minimum Gasteiger partial charge on any atom is -0.492 e. The SMILES string of the molecule is CCOc1ccccc1Nc1nccc(N2CCC(C(=O)O)CC2)n1. The summed E-state index contributed by atoms with van der Waals surface area (Å²) in [6.07, 6.45) is 2.97. The molecule has 7 nitrogen and oxygen atoms in total. The molecule has 132 valence electrons. The second-order valence-corrected chi connectivity index (χ2v) is 5.89. The number of aromatic nitrogens is 2. The van der Waals surface area contributed by atoms with Gasteiger partial charge in [0.15, 0.2) is 0 Å². The summed E-state index contributed by atoms with van der Waals surface area (Å²) in [4.78, 5) is 22.0. The molecule has 0 spiro atoms. The smallest absolute Gasteiger partial charge is 0.306 e. The van der Waals surface area contributed by atoms with Crippen LogP contribution in [0.5, 0.6) is 5.75 Å². The Kier molecular flexibility index (Phi) is 5.33. The number of carboxylic acid groups (broad SMARTS) is 1. The van der Waals surface area contributed by atoms with Crippen LogP contribution in [0, 0.1) is 5.92 Å². The van der Waals surface area contributed by atoms with Crippen molar-refractivity contribution in [3.63, 3.8) is 0 Å². The minimum atomic E-state index is -0.711. The third-order valence-electron chi connectivity index (χ3n) is 4.24. The molecule has 1 fully saturated rings. The summed E-state index contributed by atoms with van der Waals surface area (Å²) in [5.74, 6) is 1.08. The Bertz CT molecular complexity index is 730. The van der Waals surface area contributed by atoms with Crippen molar-refractivity contribution >= 4 is 23.4 Å². The molecule has 0 unspecified atom stereocenters. The Morgan fingerprint density at radius 2 is 2.08 bits per heavy atom. The number of piperidine rings is 1. The zero-order chi connectivity index (χ0) is 17.6. The van der Waals surface area contributed by atoms with Gasteiger partial charge in [0.05, 0.1) is 18.2 Å². The van der Waals surface area contributed by atoms with Crippen molar-refractivity contribution in [1.82, 2.24) is 9.97 Å². The first-order chi connectivity index (χ1) is 12.2. The van der Waals surface area contributed by atoms with Crippen molar-refractivity contribution in [2.75, 3.05) is 29.9 Å². The van der Waals surface area contributed by atoms with Crippen molar-refractivity contribution in [2.24, 2.45) is 5.92 Å². The Balaban J connectivity index is 1.71. The van der Waals surface area contributed by atoms with Crippen LogP contribution >= 0.6 is 0 Å². The van der Waals surface area contributed by atoms with E-state index in [0.717, 1.165) is 17.3 Å². The topological polar surface area (TPSA) is 87.6 Å². The van der Waals surface area contributed by atoms with Crippen LogP contribution in [0.3, 0.4) is 0 Å². The van der Waals surface area contributed by atoms with Crippen LogP contribution in [0.15, 0.2) is 36.5 Å². The summed E-state index contributed by atoms with van der Waals surface area (Å²) in [5, 5.41) is 12.3. The van der Waals surface area contributed by atoms with Crippen LogP contribution in [0.2, 0.25) is 0 Å². The minimum absolute atomic E-state index is 0.256. The van der Waals surface area contributed by atoms with Crippen LogP contribution in [0.1, 0.15) is 19.8 Å². The molecule has 1 saturated heterocycles. The standard InChI is InChI=1S/C18H22N4O3/c1-2-25-15-6-4-3-5-14(15)20-18-19-10-7-16(21-18)22-11-8-13(9-12-22)17(23)24/h3-7,10,13H,2,8-9,11-12H2,1H3,(H,23,24)(H,19,20,21). The number of anilines is 3. The van der Waals surface area contributed by atoms with Crippen molar-refractivity contribution in [2.45, 2.75) is 19.8 Å². The van der Waals surface area contributed by atoms with Gasteiger partial charge in [-0.3, -0.25) is 4.79 Å². The van der Waals surface area contributed by atoms with Crippen LogP contribution in [-0.4, -0.2) is 40.7 Å². The highest BCUT2D eigenvalue weighted by molar-refractivity contribution is 5.70. The zero-order valence-electron chi connectivity index (χ0n) is 14.2. The van der Waals surface area contributed by atoms with Crippen LogP contribution < -0.4 is 15.0 Å². The van der Waals surface area contributed by atoms with E-state index in [1.165, 1.54) is 0 Å². The van der Waals surface area contributed by atoms with E-state index in [4.69, 9.17) is 9.84 Å². The van der Waals surface area contributed by atoms with Gasteiger partial charge in [-0.25, -0.2) is 4.98 Å². The molecule has 2 heterocycles. The average molecular weight is 342 g/mol. The third kappa shape index (κ3) is 4.17. The predicted molar refractivity (Wildman–Crippen MR) is 95.5 cm³/mol. The third-order valence-corrected chi connectivity index (χ3v) is 4.24. The van der Waals surface area contributed by atoms with Gasteiger partial charge in [-0.1, -0.05) is 12.1 Å². The number of carboxylic acids is 1. The number of nitrogens with one attached hydrogen (secondary N) is 1. The highest BCUT2D eigenvalue weighted by Crippen LogP contribution is 2.27. The van der Waals surface area contributed by atoms with E-state index in [1.807, 2.05) is 37.3 Å². The van der Waals surface area contributed by atoms with E-state index in [-0.39, 0.29) is 5.92 Å². The number of hydrogen-bond donors (Lipinski definition) is 2. The molecule has 0 aliphatic carbocycles. The lowest BCUT2D eigenvalue weighted by molar-refractivity contribution is -0.142. The van der Waals surface area contributed by atoms with E-state index < -0.39 is 5.97 Å². The fourth-order valence-electron chi connectivity index (χ4n) is 2.91. The predicted octanol–water partition coefficient (Wildman–Crippen LogP) is 2.92. The number of benzene rings is 1. The molecule has 0 atom stereocenters. The summed E-state index contributed by atoms with van der Waals surface area (Å²) in [5.41, 5.74) is 0.811. The zero-order valence-corrected chi connectivity index (χ0v) is 14.2. The molecule has 0 amide bonds. The summed E-state index contributed by atoms with van der Waals surface area (Å²) < 4.78 is 5.61. The maximum absolute atomic E-state index is 11.1. The molecule has 0 bridgehead atoms. The number of carbonyl (C=O) groups is 1. The molecule has 0 radical (unpaired) electrons. The Labute approximate surface area is 146 Å². The molecule has 3 rings (SSSR count). The number of nitrogens with zero attached hydrogens (tertiary/aromatic N) is 3. The maximum atomic E-state index is 11.1. The summed E-state index contributed by atoms with van der Waals surface area (Å²) in [6.45, 7) is 3.89. The lowest BCUT2D eigenvalue weighted by Gasteiger charge is -2.31. The van der Waals surface area contributed by atoms with Gasteiger partial charge in [-0.15, -0.1) is 0 Å². The fraction of sp³-hybridized carbons (Fsp3) is 0.389. The molecular formula is C18H22N4O3. The van der Waals surface area contributed by atoms with E-state index in [2.05, 4.69) is 20.2 Å². The number of aliphatic carboxylic acids is 1. The molecule has 2 aromatic rings. The quantitative estimate of drug-likeness (QED) is 0.834. The first-order valence-electron chi connectivity index (χ1n) is 8.47. The average Bonchev–Trinajstić information content (AvgIpc) is 2.64. The summed E-state index contributed by atoms with van der Waals surface area (Å²) >= 11 is 0. The van der Waals surface area contributed by atoms with E-state index in [9.17, 15) is 4.79 Å². The molecule has 25 heavy (non-hydrogen) atoms. The Hall–Kier alpha value is -2.83. The Morgan fingerprint density at radius 1 is 1.32 bits per heavy atom. The largest absolute Gasteiger partial charge is 0.492 e. The second kappa shape index (κ2) is 7.83. The first-order valence-corrected chi connectivity index (χ1v) is 8.47. The van der Waals surface area contributed by atoms with Gasteiger partial charge in [-0.05, 0) is 38.0 Å². The van der Waals surface area contributed by atoms with Gasteiger partial charge in [0.25, 0.3) is 0 Å². The number of hydrogen-bond acceptors (Lipinski definition) is 6. The normalized spacial score (nSPS) is 15.0. The van der Waals surface area contributed by atoms with Crippen molar-refractivity contribution in [1.29, 1.82) is 0 Å². The molecular weight excluding hydrogens is 320 g/mol. The van der Waals surface area contributed by atoms with Gasteiger partial charge < -0.3 is 20.1 Å². The monoisotopic (exact) mass is 342 g/mol. The van der Waals surface area contributed by atoms with Crippen LogP contribution in [0.4, 0.5) is 17.5 Å². The van der Waals surface area contributed by atoms with E-state index in [1.54, 1.807) is 6.20 Å². The Morgan fingerprint density at radius 3 is 2.80 bits per heavy atom. The van der Waals surface area contributed by atoms with Gasteiger partial charge in [-0.2, -0.15) is 4.98 Å². The highest BCUT2D eigenvalue weighted by Gasteiger charge is 2.25. The molecule has 7 heteroatoms. The lowest BCUT2D eigenvalue weighted by atomic mass is 9.97. The summed E-state index contributed by atoms with van der Waals surface area (Å²) in [6, 6.07) is 9.50. The van der Waals surface area contributed by atoms with Crippen molar-refractivity contribution < 1.29 is 14.6 Å². The first kappa shape index (κ1) is 17.0. The molecule has 0 saturated carbocycles. The molecule has 1 aliphatic heterocycles. The number of rotatable bonds is 6. The van der Waals surface area contributed by atoms with Gasteiger partial charge in [0.2, 0.25) is 5.95 Å². The van der Waals surface area contributed by atoms with Crippen LogP contribution in [0.25, 0.3) is 0 Å². The van der Waals surface area contributed by atoms with E-state index in [0.29, 0.717) is 38.5 Å². The maximum Gasteiger partial charge on any atom is 0.306 e. The van der Waals surface area contributed by atoms with Crippen molar-refractivity contribution in [3.05, 3.63) is 36.5 Å². The van der Waals surface area contributed by atoms with Gasteiger partial charge >= 0.3 is 5.97 Å². The lowest BCUT2D eigenvalue weighted by Crippen LogP contribution is -2.36. The summed E-state index contributed by atoms with van der Waals surface area (Å²) in [7, 11) is 0. The van der Waals surface area contributed by atoms with Gasteiger partial charge in [0, 0.05) is 19.3 Å². The number of para-hydroxylation sites is 2. The number of ether oxygens (including phenoxy) is 1. The molecule has 1 aromatic carbocycles.